The number of halogens is 1. The average molecular weight is 359 g/mol. The summed E-state index contributed by atoms with van der Waals surface area (Å²) >= 11 is 3.24. The van der Waals surface area contributed by atoms with Gasteiger partial charge in [-0.1, -0.05) is 6.92 Å². The third-order valence-corrected chi connectivity index (χ3v) is 3.72. The summed E-state index contributed by atoms with van der Waals surface area (Å²) in [5.41, 5.74) is -0.787. The van der Waals surface area contributed by atoms with Crippen molar-refractivity contribution in [3.8, 4) is 0 Å². The van der Waals surface area contributed by atoms with Crippen molar-refractivity contribution in [1.82, 2.24) is 19.1 Å². The van der Waals surface area contributed by atoms with Crippen LogP contribution in [-0.2, 0) is 16.6 Å². The van der Waals surface area contributed by atoms with Crippen molar-refractivity contribution in [2.24, 2.45) is 7.05 Å². The number of aromatic nitrogens is 4. The van der Waals surface area contributed by atoms with Gasteiger partial charge in [0.25, 0.3) is 5.56 Å². The minimum Gasteiger partial charge on any atom is -0.464 e. The number of carbonyl (C=O) groups is 1. The Morgan fingerprint density at radius 2 is 2.10 bits per heavy atom. The lowest BCUT2D eigenvalue weighted by Gasteiger charge is -2.16. The molecule has 0 spiro atoms. The number of aromatic amines is 1. The van der Waals surface area contributed by atoms with E-state index < -0.39 is 23.3 Å². The average Bonchev–Trinajstić information content (AvgIpc) is 2.76. The van der Waals surface area contributed by atoms with Crippen molar-refractivity contribution in [2.75, 3.05) is 6.61 Å². The molecule has 0 amide bonds. The maximum Gasteiger partial charge on any atom is 0.329 e. The number of carbonyl (C=O) groups excluding carboxylic acids is 1. The van der Waals surface area contributed by atoms with Gasteiger partial charge >= 0.3 is 11.7 Å². The summed E-state index contributed by atoms with van der Waals surface area (Å²) in [5.74, 6) is -0.451. The highest BCUT2D eigenvalue weighted by atomic mass is 79.9. The van der Waals surface area contributed by atoms with Crippen LogP contribution in [0.5, 0.6) is 0 Å². The lowest BCUT2D eigenvalue weighted by atomic mass is 10.2. The van der Waals surface area contributed by atoms with E-state index in [9.17, 15) is 14.4 Å². The summed E-state index contributed by atoms with van der Waals surface area (Å²) in [4.78, 5) is 42.1. The van der Waals surface area contributed by atoms with E-state index in [0.717, 1.165) is 0 Å². The van der Waals surface area contributed by atoms with Crippen molar-refractivity contribution in [3.63, 3.8) is 0 Å². The van der Waals surface area contributed by atoms with E-state index in [0.29, 0.717) is 11.2 Å². The van der Waals surface area contributed by atoms with Crippen LogP contribution in [0.4, 0.5) is 0 Å². The molecule has 0 bridgehead atoms. The zero-order valence-corrected chi connectivity index (χ0v) is 13.4. The molecule has 0 aliphatic heterocycles. The number of H-pyrrole nitrogens is 1. The number of esters is 1. The molecule has 0 aromatic carbocycles. The van der Waals surface area contributed by atoms with Gasteiger partial charge in [0.2, 0.25) is 0 Å². The van der Waals surface area contributed by atoms with Gasteiger partial charge in [-0.15, -0.1) is 0 Å². The number of hydrogen-bond donors (Lipinski definition) is 1. The highest BCUT2D eigenvalue weighted by Gasteiger charge is 2.27. The molecule has 1 N–H and O–H groups in total. The first-order chi connectivity index (χ1) is 9.92. The summed E-state index contributed by atoms with van der Waals surface area (Å²) in [5, 5.41) is 0. The second-order valence-corrected chi connectivity index (χ2v) is 5.13. The van der Waals surface area contributed by atoms with Crippen molar-refractivity contribution >= 4 is 33.1 Å². The van der Waals surface area contributed by atoms with E-state index in [1.807, 2.05) is 0 Å². The Hall–Kier alpha value is -1.90. The van der Waals surface area contributed by atoms with Gasteiger partial charge in [0.15, 0.2) is 15.9 Å². The fourth-order valence-electron chi connectivity index (χ4n) is 2.15. The van der Waals surface area contributed by atoms with Crippen LogP contribution in [-0.4, -0.2) is 31.7 Å². The summed E-state index contributed by atoms with van der Waals surface area (Å²) in [6.45, 7) is 3.76. The number of rotatable bonds is 4. The van der Waals surface area contributed by atoms with Gasteiger partial charge in [-0.25, -0.2) is 14.6 Å². The van der Waals surface area contributed by atoms with Gasteiger partial charge in [0.1, 0.15) is 6.04 Å². The maximum atomic E-state index is 12.1. The number of imidazole rings is 1. The van der Waals surface area contributed by atoms with E-state index >= 15 is 0 Å². The largest absolute Gasteiger partial charge is 0.464 e. The molecule has 0 saturated carbocycles. The number of hydrogen-bond acceptors (Lipinski definition) is 5. The van der Waals surface area contributed by atoms with Crippen LogP contribution in [0.25, 0.3) is 11.2 Å². The Bertz CT molecular complexity index is 804. The number of nitrogens with one attached hydrogen (secondary N) is 1. The van der Waals surface area contributed by atoms with Crippen molar-refractivity contribution in [3.05, 3.63) is 25.6 Å². The summed E-state index contributed by atoms with van der Waals surface area (Å²) in [6, 6.07) is -0.692. The first-order valence-electron chi connectivity index (χ1n) is 6.45. The van der Waals surface area contributed by atoms with E-state index in [-0.39, 0.29) is 17.8 Å². The molecular formula is C12H15BrN4O4. The Morgan fingerprint density at radius 1 is 1.43 bits per heavy atom. The first kappa shape index (κ1) is 15.5. The summed E-state index contributed by atoms with van der Waals surface area (Å²) in [7, 11) is 1.50. The van der Waals surface area contributed by atoms with Gasteiger partial charge in [-0.2, -0.15) is 0 Å². The van der Waals surface area contributed by atoms with Crippen LogP contribution in [0.2, 0.25) is 0 Å². The van der Waals surface area contributed by atoms with E-state index in [4.69, 9.17) is 4.74 Å². The first-order valence-corrected chi connectivity index (χ1v) is 7.25. The van der Waals surface area contributed by atoms with Gasteiger partial charge in [-0.3, -0.25) is 18.9 Å². The summed E-state index contributed by atoms with van der Waals surface area (Å²) in [6.07, 6.45) is 0.422. The molecular weight excluding hydrogens is 344 g/mol. The third-order valence-electron chi connectivity index (χ3n) is 3.16. The molecule has 0 saturated heterocycles. The van der Waals surface area contributed by atoms with Crippen LogP contribution in [0.3, 0.4) is 0 Å². The summed E-state index contributed by atoms with van der Waals surface area (Å²) < 4.78 is 7.99. The Labute approximate surface area is 127 Å². The topological polar surface area (TPSA) is 99.0 Å². The van der Waals surface area contributed by atoms with E-state index in [1.165, 1.54) is 16.2 Å². The van der Waals surface area contributed by atoms with E-state index in [2.05, 4.69) is 25.9 Å². The predicted octanol–water partition coefficient (Wildman–Crippen LogP) is 0.700. The second kappa shape index (κ2) is 5.84. The van der Waals surface area contributed by atoms with E-state index in [1.54, 1.807) is 13.8 Å². The highest BCUT2D eigenvalue weighted by Crippen LogP contribution is 2.24. The monoisotopic (exact) mass is 358 g/mol. The van der Waals surface area contributed by atoms with Crippen molar-refractivity contribution in [2.45, 2.75) is 26.3 Å². The van der Waals surface area contributed by atoms with Crippen molar-refractivity contribution in [1.29, 1.82) is 0 Å². The maximum absolute atomic E-state index is 12.1. The molecule has 0 aliphatic rings. The van der Waals surface area contributed by atoms with Crippen molar-refractivity contribution < 1.29 is 9.53 Å². The molecule has 1 atom stereocenters. The number of ether oxygens (including phenoxy) is 1. The standard InChI is InChI=1S/C12H15BrN4O4/c1-4-6(10(19)21-5-2)17-7-8(14-11(17)13)16(3)12(20)15-9(7)18/h6H,4-5H2,1-3H3,(H,15,18,20)/t6-/m1/s1. The zero-order chi connectivity index (χ0) is 15.7. The molecule has 0 unspecified atom stereocenters. The Kier molecular flexibility index (Phi) is 4.31. The minimum absolute atomic E-state index is 0.156. The lowest BCUT2D eigenvalue weighted by molar-refractivity contribution is -0.147. The molecule has 8 nitrogen and oxygen atoms in total. The molecule has 2 rings (SSSR count). The number of nitrogens with zero attached hydrogens (tertiary/aromatic N) is 3. The highest BCUT2D eigenvalue weighted by molar-refractivity contribution is 9.10. The Morgan fingerprint density at radius 3 is 2.67 bits per heavy atom. The van der Waals surface area contributed by atoms with Gasteiger partial charge in [0, 0.05) is 7.05 Å². The minimum atomic E-state index is -0.692. The Balaban J connectivity index is 2.77. The smallest absolute Gasteiger partial charge is 0.329 e. The quantitative estimate of drug-likeness (QED) is 0.640. The van der Waals surface area contributed by atoms with Crippen LogP contribution in [0.1, 0.15) is 26.3 Å². The third kappa shape index (κ3) is 2.53. The number of aryl methyl sites for hydroxylation is 1. The molecule has 2 aromatic rings. The lowest BCUT2D eigenvalue weighted by Crippen LogP contribution is -2.31. The fourth-order valence-corrected chi connectivity index (χ4v) is 2.75. The van der Waals surface area contributed by atoms with Crippen LogP contribution in [0.15, 0.2) is 14.3 Å². The van der Waals surface area contributed by atoms with Gasteiger partial charge in [-0.05, 0) is 29.3 Å². The predicted molar refractivity (Wildman–Crippen MR) is 79.3 cm³/mol. The van der Waals surface area contributed by atoms with Crippen LogP contribution < -0.4 is 11.2 Å². The second-order valence-electron chi connectivity index (χ2n) is 4.42. The zero-order valence-electron chi connectivity index (χ0n) is 11.8. The normalized spacial score (nSPS) is 12.6. The van der Waals surface area contributed by atoms with Gasteiger partial charge in [0.05, 0.1) is 6.61 Å². The van der Waals surface area contributed by atoms with Gasteiger partial charge < -0.3 is 4.74 Å². The molecule has 2 heterocycles. The SMILES string of the molecule is CCOC(=O)[C@@H](CC)n1c(Br)nc2c1c(=O)[nH]c(=O)n2C. The molecule has 0 aliphatic carbocycles. The molecule has 2 aromatic heterocycles. The van der Waals surface area contributed by atoms with Crippen LogP contribution in [0, 0.1) is 0 Å². The van der Waals surface area contributed by atoms with Crippen LogP contribution >= 0.6 is 15.9 Å². The number of fused-ring (bicyclic) bond motifs is 1. The molecule has 0 fully saturated rings. The molecule has 21 heavy (non-hydrogen) atoms. The molecule has 114 valence electrons. The fraction of sp³-hybridized carbons (Fsp3) is 0.500. The molecule has 0 radical (unpaired) electrons. The molecule has 9 heteroatoms.